The van der Waals surface area contributed by atoms with Gasteiger partial charge in [0.05, 0.1) is 10.0 Å². The molecule has 116 valence electrons. The summed E-state index contributed by atoms with van der Waals surface area (Å²) in [5.41, 5.74) is 3.34. The first kappa shape index (κ1) is 17.1. The molecule has 0 radical (unpaired) electrons. The molecule has 2 rings (SSSR count). The van der Waals surface area contributed by atoms with Crippen LogP contribution in [0.5, 0.6) is 0 Å². The van der Waals surface area contributed by atoms with Crippen molar-refractivity contribution < 1.29 is 4.79 Å². The summed E-state index contributed by atoms with van der Waals surface area (Å²) >= 11 is 11.8. The van der Waals surface area contributed by atoms with Gasteiger partial charge in [0, 0.05) is 5.69 Å². The highest BCUT2D eigenvalue weighted by atomic mass is 35.5. The lowest BCUT2D eigenvalue weighted by Crippen LogP contribution is -2.14. The summed E-state index contributed by atoms with van der Waals surface area (Å²) in [5, 5.41) is 12.8. The van der Waals surface area contributed by atoms with Gasteiger partial charge < -0.3 is 5.32 Å². The molecule has 0 unspecified atom stereocenters. The van der Waals surface area contributed by atoms with Gasteiger partial charge in [0.2, 0.25) is 0 Å². The number of nitriles is 1. The normalized spacial score (nSPS) is 11.0. The molecule has 23 heavy (non-hydrogen) atoms. The van der Waals surface area contributed by atoms with Crippen molar-refractivity contribution in [2.45, 2.75) is 13.8 Å². The second-order valence-corrected chi connectivity index (χ2v) is 5.86. The third kappa shape index (κ3) is 4.13. The molecule has 2 aromatic carbocycles. The maximum Gasteiger partial charge on any atom is 0.266 e. The second kappa shape index (κ2) is 7.32. The van der Waals surface area contributed by atoms with E-state index < -0.39 is 5.91 Å². The molecule has 1 amide bonds. The van der Waals surface area contributed by atoms with Crippen LogP contribution in [-0.2, 0) is 4.79 Å². The summed E-state index contributed by atoms with van der Waals surface area (Å²) in [4.78, 5) is 12.3. The Bertz CT molecular complexity index is 835. The molecule has 0 aliphatic rings. The summed E-state index contributed by atoms with van der Waals surface area (Å²) in [6.45, 7) is 3.88. The summed E-state index contributed by atoms with van der Waals surface area (Å²) in [5.74, 6) is -0.465. The number of nitrogens with zero attached hydrogens (tertiary/aromatic N) is 1. The first-order valence-electron chi connectivity index (χ1n) is 6.87. The van der Waals surface area contributed by atoms with Gasteiger partial charge in [-0.2, -0.15) is 5.26 Å². The Kier molecular flexibility index (Phi) is 5.44. The number of benzene rings is 2. The summed E-state index contributed by atoms with van der Waals surface area (Å²) < 4.78 is 0. The smallest absolute Gasteiger partial charge is 0.266 e. The Morgan fingerprint density at radius 1 is 1.17 bits per heavy atom. The van der Waals surface area contributed by atoms with E-state index >= 15 is 0 Å². The van der Waals surface area contributed by atoms with Crippen LogP contribution in [0, 0.1) is 25.2 Å². The molecule has 0 bridgehead atoms. The largest absolute Gasteiger partial charge is 0.321 e. The van der Waals surface area contributed by atoms with E-state index in [0.717, 1.165) is 11.1 Å². The van der Waals surface area contributed by atoms with Gasteiger partial charge in [-0.3, -0.25) is 4.79 Å². The summed E-state index contributed by atoms with van der Waals surface area (Å²) in [7, 11) is 0. The van der Waals surface area contributed by atoms with Gasteiger partial charge in [-0.15, -0.1) is 0 Å². The molecule has 0 spiro atoms. The predicted molar refractivity (Wildman–Crippen MR) is 94.6 cm³/mol. The zero-order chi connectivity index (χ0) is 17.0. The fourth-order valence-electron chi connectivity index (χ4n) is 1.99. The van der Waals surface area contributed by atoms with Crippen LogP contribution in [0.4, 0.5) is 5.69 Å². The topological polar surface area (TPSA) is 52.9 Å². The molecule has 0 saturated heterocycles. The van der Waals surface area contributed by atoms with Crippen LogP contribution >= 0.6 is 23.2 Å². The van der Waals surface area contributed by atoms with Crippen molar-refractivity contribution in [2.75, 3.05) is 5.32 Å². The van der Waals surface area contributed by atoms with E-state index in [1.165, 1.54) is 6.08 Å². The highest BCUT2D eigenvalue weighted by Crippen LogP contribution is 2.24. The Morgan fingerprint density at radius 2 is 1.91 bits per heavy atom. The molecule has 0 fully saturated rings. The van der Waals surface area contributed by atoms with Crippen LogP contribution in [0.1, 0.15) is 16.7 Å². The zero-order valence-corrected chi connectivity index (χ0v) is 14.2. The summed E-state index contributed by atoms with van der Waals surface area (Å²) in [6, 6.07) is 12.4. The van der Waals surface area contributed by atoms with Crippen molar-refractivity contribution in [1.82, 2.24) is 0 Å². The Morgan fingerprint density at radius 3 is 2.57 bits per heavy atom. The first-order valence-corrected chi connectivity index (χ1v) is 7.62. The Labute approximate surface area is 145 Å². The SMILES string of the molecule is Cc1cccc(NC(=O)/C(C#N)=C/c2ccc(Cl)c(Cl)c2)c1C. The second-order valence-electron chi connectivity index (χ2n) is 5.04. The number of carbonyl (C=O) groups is 1. The fourth-order valence-corrected chi connectivity index (χ4v) is 2.30. The number of anilines is 1. The molecule has 2 aromatic rings. The van der Waals surface area contributed by atoms with Crippen LogP contribution in [0.25, 0.3) is 6.08 Å². The van der Waals surface area contributed by atoms with E-state index in [-0.39, 0.29) is 5.57 Å². The number of nitrogens with one attached hydrogen (secondary N) is 1. The maximum atomic E-state index is 12.3. The van der Waals surface area contributed by atoms with E-state index in [4.69, 9.17) is 23.2 Å². The van der Waals surface area contributed by atoms with Crippen LogP contribution in [0.3, 0.4) is 0 Å². The molecule has 0 aliphatic heterocycles. The molecule has 0 aliphatic carbocycles. The average Bonchev–Trinajstić information content (AvgIpc) is 2.52. The number of aryl methyl sites for hydroxylation is 1. The molecule has 1 N–H and O–H groups in total. The third-order valence-corrected chi connectivity index (χ3v) is 4.21. The number of hydrogen-bond acceptors (Lipinski definition) is 2. The molecular formula is C18H14Cl2N2O. The lowest BCUT2D eigenvalue weighted by molar-refractivity contribution is -0.112. The van der Waals surface area contributed by atoms with Gasteiger partial charge in [-0.1, -0.05) is 41.4 Å². The van der Waals surface area contributed by atoms with Gasteiger partial charge in [0.25, 0.3) is 5.91 Å². The fraction of sp³-hybridized carbons (Fsp3) is 0.111. The van der Waals surface area contributed by atoms with Gasteiger partial charge in [-0.05, 0) is 54.8 Å². The minimum atomic E-state index is -0.465. The lowest BCUT2D eigenvalue weighted by atomic mass is 10.1. The van der Waals surface area contributed by atoms with E-state index in [9.17, 15) is 10.1 Å². The highest BCUT2D eigenvalue weighted by molar-refractivity contribution is 6.42. The van der Waals surface area contributed by atoms with Crippen molar-refractivity contribution in [3.8, 4) is 6.07 Å². The number of amides is 1. The van der Waals surface area contributed by atoms with Gasteiger partial charge in [-0.25, -0.2) is 0 Å². The van der Waals surface area contributed by atoms with E-state index in [0.29, 0.717) is 21.3 Å². The molecule has 3 nitrogen and oxygen atoms in total. The molecule has 0 saturated carbocycles. The van der Waals surface area contributed by atoms with Gasteiger partial charge in [0.15, 0.2) is 0 Å². The lowest BCUT2D eigenvalue weighted by Gasteiger charge is -2.09. The van der Waals surface area contributed by atoms with E-state index in [1.54, 1.807) is 24.3 Å². The minimum Gasteiger partial charge on any atom is -0.321 e. The zero-order valence-electron chi connectivity index (χ0n) is 12.7. The van der Waals surface area contributed by atoms with Crippen LogP contribution in [-0.4, -0.2) is 5.91 Å². The summed E-state index contributed by atoms with van der Waals surface area (Å²) in [6.07, 6.45) is 1.47. The van der Waals surface area contributed by atoms with E-state index in [2.05, 4.69) is 5.32 Å². The molecule has 0 aromatic heterocycles. The minimum absolute atomic E-state index is 0.00991. The standard InChI is InChI=1S/C18H14Cl2N2O/c1-11-4-3-5-17(12(11)2)22-18(23)14(10-21)8-13-6-7-15(19)16(20)9-13/h3-9H,1-2H3,(H,22,23)/b14-8+. The number of rotatable bonds is 3. The number of halogens is 2. The third-order valence-electron chi connectivity index (χ3n) is 3.47. The number of carbonyl (C=O) groups excluding carboxylic acids is 1. The molecule has 5 heteroatoms. The van der Waals surface area contributed by atoms with Gasteiger partial charge >= 0.3 is 0 Å². The van der Waals surface area contributed by atoms with Crippen molar-refractivity contribution in [3.05, 3.63) is 68.7 Å². The van der Waals surface area contributed by atoms with Crippen LogP contribution in [0.2, 0.25) is 10.0 Å². The molecular weight excluding hydrogens is 331 g/mol. The Balaban J connectivity index is 2.28. The molecule has 0 heterocycles. The van der Waals surface area contributed by atoms with Crippen molar-refractivity contribution in [3.63, 3.8) is 0 Å². The molecule has 0 atom stereocenters. The van der Waals surface area contributed by atoms with Crippen molar-refractivity contribution >= 4 is 40.9 Å². The average molecular weight is 345 g/mol. The Hall–Kier alpha value is -2.28. The first-order chi connectivity index (χ1) is 10.9. The monoisotopic (exact) mass is 344 g/mol. The quantitative estimate of drug-likeness (QED) is 0.617. The number of hydrogen-bond donors (Lipinski definition) is 1. The van der Waals surface area contributed by atoms with Crippen LogP contribution < -0.4 is 5.32 Å². The van der Waals surface area contributed by atoms with Crippen molar-refractivity contribution in [2.24, 2.45) is 0 Å². The predicted octanol–water partition coefficient (Wildman–Crippen LogP) is 5.16. The highest BCUT2D eigenvalue weighted by Gasteiger charge is 2.11. The van der Waals surface area contributed by atoms with Gasteiger partial charge in [0.1, 0.15) is 11.6 Å². The van der Waals surface area contributed by atoms with E-state index in [1.807, 2.05) is 32.0 Å². The van der Waals surface area contributed by atoms with Crippen molar-refractivity contribution in [1.29, 1.82) is 5.26 Å². The van der Waals surface area contributed by atoms with Crippen LogP contribution in [0.15, 0.2) is 42.0 Å². The maximum absolute atomic E-state index is 12.3.